The SMILES string of the molecule is CC(CC(O)c1ccc(F)cc1)NC(=O)CN.Cl. The van der Waals surface area contributed by atoms with Gasteiger partial charge in [0, 0.05) is 6.04 Å². The van der Waals surface area contributed by atoms with Crippen LogP contribution in [-0.2, 0) is 4.79 Å². The Balaban J connectivity index is 0.00000289. The molecule has 2 atom stereocenters. The average Bonchev–Trinajstić information content (AvgIpc) is 2.29. The predicted molar refractivity (Wildman–Crippen MR) is 69.9 cm³/mol. The number of amides is 1. The third-order valence-corrected chi connectivity index (χ3v) is 2.42. The van der Waals surface area contributed by atoms with Crippen LogP contribution in [0.5, 0.6) is 0 Å². The normalized spacial score (nSPS) is 13.3. The number of carbonyl (C=O) groups is 1. The molecule has 1 amide bonds. The van der Waals surface area contributed by atoms with E-state index in [0.29, 0.717) is 12.0 Å². The van der Waals surface area contributed by atoms with Crippen LogP contribution >= 0.6 is 12.4 Å². The second-order valence-electron chi connectivity index (χ2n) is 3.98. The lowest BCUT2D eigenvalue weighted by molar-refractivity contribution is -0.120. The number of aliphatic hydroxyl groups is 1. The Hall–Kier alpha value is -1.17. The molecule has 0 heterocycles. The minimum absolute atomic E-state index is 0. The van der Waals surface area contributed by atoms with Crippen molar-refractivity contribution in [3.05, 3.63) is 35.6 Å². The first-order valence-corrected chi connectivity index (χ1v) is 5.46. The van der Waals surface area contributed by atoms with Gasteiger partial charge in [-0.1, -0.05) is 12.1 Å². The number of benzene rings is 1. The van der Waals surface area contributed by atoms with E-state index in [1.165, 1.54) is 24.3 Å². The Morgan fingerprint density at radius 2 is 2.00 bits per heavy atom. The summed E-state index contributed by atoms with van der Waals surface area (Å²) in [5.41, 5.74) is 5.79. The summed E-state index contributed by atoms with van der Waals surface area (Å²) in [5, 5.41) is 12.5. The first kappa shape index (κ1) is 16.8. The third kappa shape index (κ3) is 5.44. The van der Waals surface area contributed by atoms with Crippen molar-refractivity contribution in [3.8, 4) is 0 Å². The Morgan fingerprint density at radius 3 is 2.50 bits per heavy atom. The molecule has 4 N–H and O–H groups in total. The largest absolute Gasteiger partial charge is 0.388 e. The van der Waals surface area contributed by atoms with Crippen LogP contribution in [0.1, 0.15) is 25.0 Å². The maximum atomic E-state index is 12.7. The molecule has 0 aliphatic heterocycles. The van der Waals surface area contributed by atoms with Gasteiger partial charge in [0.05, 0.1) is 12.6 Å². The molecule has 0 radical (unpaired) electrons. The van der Waals surface area contributed by atoms with Crippen LogP contribution < -0.4 is 11.1 Å². The summed E-state index contributed by atoms with van der Waals surface area (Å²) >= 11 is 0. The van der Waals surface area contributed by atoms with Crippen LogP contribution in [0.15, 0.2) is 24.3 Å². The molecule has 6 heteroatoms. The van der Waals surface area contributed by atoms with Crippen molar-refractivity contribution in [2.45, 2.75) is 25.5 Å². The molecule has 1 rings (SSSR count). The molecule has 0 aliphatic rings. The number of hydrogen-bond donors (Lipinski definition) is 3. The van der Waals surface area contributed by atoms with E-state index < -0.39 is 6.10 Å². The van der Waals surface area contributed by atoms with Crippen molar-refractivity contribution in [2.24, 2.45) is 5.73 Å². The van der Waals surface area contributed by atoms with Crippen molar-refractivity contribution in [1.82, 2.24) is 5.32 Å². The number of aliphatic hydroxyl groups excluding tert-OH is 1. The van der Waals surface area contributed by atoms with Crippen LogP contribution in [0.25, 0.3) is 0 Å². The van der Waals surface area contributed by atoms with Gasteiger partial charge in [0.15, 0.2) is 0 Å². The van der Waals surface area contributed by atoms with Gasteiger partial charge < -0.3 is 16.2 Å². The highest BCUT2D eigenvalue weighted by molar-refractivity contribution is 5.85. The molecule has 0 aromatic heterocycles. The van der Waals surface area contributed by atoms with Gasteiger partial charge in [-0.15, -0.1) is 12.4 Å². The maximum absolute atomic E-state index is 12.7. The average molecular weight is 277 g/mol. The Kier molecular flexibility index (Phi) is 7.50. The highest BCUT2D eigenvalue weighted by atomic mass is 35.5. The molecule has 0 fully saturated rings. The number of halogens is 2. The summed E-state index contributed by atoms with van der Waals surface area (Å²) in [6.07, 6.45) is -0.374. The van der Waals surface area contributed by atoms with Gasteiger partial charge in [-0.3, -0.25) is 4.79 Å². The van der Waals surface area contributed by atoms with Crippen LogP contribution in [0, 0.1) is 5.82 Å². The highest BCUT2D eigenvalue weighted by Crippen LogP contribution is 2.18. The van der Waals surface area contributed by atoms with Crippen molar-refractivity contribution >= 4 is 18.3 Å². The number of hydrogen-bond acceptors (Lipinski definition) is 3. The fourth-order valence-corrected chi connectivity index (χ4v) is 1.55. The molecular weight excluding hydrogens is 259 g/mol. The molecule has 0 aliphatic carbocycles. The smallest absolute Gasteiger partial charge is 0.233 e. The topological polar surface area (TPSA) is 75.3 Å². The molecule has 2 unspecified atom stereocenters. The zero-order chi connectivity index (χ0) is 12.8. The van der Waals surface area contributed by atoms with Crippen molar-refractivity contribution in [3.63, 3.8) is 0 Å². The van der Waals surface area contributed by atoms with E-state index in [9.17, 15) is 14.3 Å². The first-order chi connectivity index (χ1) is 8.02. The van der Waals surface area contributed by atoms with Crippen LogP contribution in [-0.4, -0.2) is 23.6 Å². The van der Waals surface area contributed by atoms with Crippen LogP contribution in [0.4, 0.5) is 4.39 Å². The number of nitrogens with two attached hydrogens (primary N) is 1. The third-order valence-electron chi connectivity index (χ3n) is 2.42. The monoisotopic (exact) mass is 276 g/mol. The fraction of sp³-hybridized carbons (Fsp3) is 0.417. The standard InChI is InChI=1S/C12H17FN2O2.ClH/c1-8(15-12(17)7-14)6-11(16)9-2-4-10(13)5-3-9;/h2-5,8,11,16H,6-7,14H2,1H3,(H,15,17);1H. The van der Waals surface area contributed by atoms with Gasteiger partial charge in [-0.05, 0) is 31.0 Å². The van der Waals surface area contributed by atoms with E-state index in [2.05, 4.69) is 5.32 Å². The predicted octanol–water partition coefficient (Wildman–Crippen LogP) is 1.13. The van der Waals surface area contributed by atoms with E-state index in [-0.39, 0.29) is 36.7 Å². The molecule has 4 nitrogen and oxygen atoms in total. The molecule has 0 saturated carbocycles. The molecule has 0 spiro atoms. The van der Waals surface area contributed by atoms with E-state index in [0.717, 1.165) is 0 Å². The Morgan fingerprint density at radius 1 is 1.44 bits per heavy atom. The second-order valence-corrected chi connectivity index (χ2v) is 3.98. The second kappa shape index (κ2) is 8.02. The van der Waals surface area contributed by atoms with Gasteiger partial charge in [-0.25, -0.2) is 4.39 Å². The minimum atomic E-state index is -0.733. The highest BCUT2D eigenvalue weighted by Gasteiger charge is 2.13. The summed E-state index contributed by atoms with van der Waals surface area (Å²) in [6, 6.07) is 5.45. The van der Waals surface area contributed by atoms with Gasteiger partial charge in [0.1, 0.15) is 5.82 Å². The first-order valence-electron chi connectivity index (χ1n) is 5.46. The summed E-state index contributed by atoms with van der Waals surface area (Å²) < 4.78 is 12.7. The maximum Gasteiger partial charge on any atom is 0.233 e. The lowest BCUT2D eigenvalue weighted by Crippen LogP contribution is -2.37. The van der Waals surface area contributed by atoms with Crippen molar-refractivity contribution < 1.29 is 14.3 Å². The van der Waals surface area contributed by atoms with Crippen molar-refractivity contribution in [2.75, 3.05) is 6.54 Å². The van der Waals surface area contributed by atoms with Crippen LogP contribution in [0.2, 0.25) is 0 Å². The molecule has 1 aromatic carbocycles. The van der Waals surface area contributed by atoms with E-state index in [1.807, 2.05) is 0 Å². The Bertz CT molecular complexity index is 373. The molecule has 0 saturated heterocycles. The van der Waals surface area contributed by atoms with Crippen LogP contribution in [0.3, 0.4) is 0 Å². The fourth-order valence-electron chi connectivity index (χ4n) is 1.55. The molecule has 102 valence electrons. The zero-order valence-corrected chi connectivity index (χ0v) is 10.9. The number of rotatable bonds is 5. The van der Waals surface area contributed by atoms with Gasteiger partial charge in [0.2, 0.25) is 5.91 Å². The van der Waals surface area contributed by atoms with Gasteiger partial charge in [-0.2, -0.15) is 0 Å². The van der Waals surface area contributed by atoms with Crippen molar-refractivity contribution in [1.29, 1.82) is 0 Å². The number of nitrogens with one attached hydrogen (secondary N) is 1. The van der Waals surface area contributed by atoms with Gasteiger partial charge in [0.25, 0.3) is 0 Å². The molecular formula is C12H18ClFN2O2. The summed E-state index contributed by atoms with van der Waals surface area (Å²) in [6.45, 7) is 1.71. The minimum Gasteiger partial charge on any atom is -0.388 e. The Labute approximate surface area is 112 Å². The summed E-state index contributed by atoms with van der Waals surface area (Å²) in [5.74, 6) is -0.603. The summed E-state index contributed by atoms with van der Waals surface area (Å²) in [7, 11) is 0. The quantitative estimate of drug-likeness (QED) is 0.755. The zero-order valence-electron chi connectivity index (χ0n) is 10.1. The number of carbonyl (C=O) groups excluding carboxylic acids is 1. The lowest BCUT2D eigenvalue weighted by Gasteiger charge is -2.17. The van der Waals surface area contributed by atoms with Gasteiger partial charge >= 0.3 is 0 Å². The summed E-state index contributed by atoms with van der Waals surface area (Å²) in [4.78, 5) is 11.0. The molecule has 18 heavy (non-hydrogen) atoms. The van der Waals surface area contributed by atoms with E-state index in [1.54, 1.807) is 6.92 Å². The van der Waals surface area contributed by atoms with E-state index >= 15 is 0 Å². The molecule has 1 aromatic rings. The van der Waals surface area contributed by atoms with E-state index in [4.69, 9.17) is 5.73 Å². The molecule has 0 bridgehead atoms. The lowest BCUT2D eigenvalue weighted by atomic mass is 10.0.